The van der Waals surface area contributed by atoms with Gasteiger partial charge >= 0.3 is 5.97 Å². The topological polar surface area (TPSA) is 60.4 Å². The maximum Gasteiger partial charge on any atom is 0.330 e. The Balaban J connectivity index is 2.47. The molecule has 0 saturated carbocycles. The lowest BCUT2D eigenvalue weighted by molar-refractivity contribution is -0.137. The Morgan fingerprint density at radius 3 is 2.58 bits per heavy atom. The quantitative estimate of drug-likeness (QED) is 0.451. The van der Waals surface area contributed by atoms with Crippen LogP contribution in [0, 0.1) is 0 Å². The number of rotatable bonds is 2. The van der Waals surface area contributed by atoms with Crippen LogP contribution in [0.1, 0.15) is 6.92 Å². The van der Waals surface area contributed by atoms with Gasteiger partial charge in [0.2, 0.25) is 0 Å². The number of ether oxygens (including phenoxy) is 1. The summed E-state index contributed by atoms with van der Waals surface area (Å²) in [6.45, 7) is 2.02. The summed E-state index contributed by atoms with van der Waals surface area (Å²) in [5.74, 6) is -0.445. The lowest BCUT2D eigenvalue weighted by Gasteiger charge is -2.16. The van der Waals surface area contributed by atoms with Crippen molar-refractivity contribution in [3.8, 4) is 0 Å². The molecule has 0 spiro atoms. The van der Waals surface area contributed by atoms with Crippen molar-refractivity contribution in [2.24, 2.45) is 0 Å². The van der Waals surface area contributed by atoms with Crippen LogP contribution >= 0.6 is 0 Å². The Morgan fingerprint density at radius 2 is 2.17 bits per heavy atom. The number of carbonyl (C=O) groups is 1. The van der Waals surface area contributed by atoms with E-state index in [2.05, 4.69) is 4.74 Å². The zero-order valence-corrected chi connectivity index (χ0v) is 7.56. The summed E-state index contributed by atoms with van der Waals surface area (Å²) in [6, 6.07) is 0. The molecule has 0 aromatic carbocycles. The van der Waals surface area contributed by atoms with Gasteiger partial charge < -0.3 is 4.74 Å². The Morgan fingerprint density at radius 1 is 1.58 bits per heavy atom. The molecule has 0 aliphatic carbocycles. The number of sulfone groups is 1. The fourth-order valence-electron chi connectivity index (χ4n) is 0.957. The van der Waals surface area contributed by atoms with E-state index in [4.69, 9.17) is 0 Å². The number of hydrogen-bond acceptors (Lipinski definition) is 4. The van der Waals surface area contributed by atoms with Gasteiger partial charge in [-0.2, -0.15) is 0 Å². The lowest BCUT2D eigenvalue weighted by atomic mass is 10.3. The first-order valence-electron chi connectivity index (χ1n) is 3.60. The molecule has 1 saturated heterocycles. The third-order valence-electron chi connectivity index (χ3n) is 1.42. The van der Waals surface area contributed by atoms with E-state index in [-0.39, 0.29) is 11.5 Å². The SMILES string of the molecule is CCOC(=O)C=C1CS(=O)(=O)C1. The summed E-state index contributed by atoms with van der Waals surface area (Å²) in [5.41, 5.74) is 0.633. The molecule has 0 N–H and O–H groups in total. The molecule has 0 aromatic rings. The summed E-state index contributed by atoms with van der Waals surface area (Å²) in [4.78, 5) is 10.8. The van der Waals surface area contributed by atoms with Gasteiger partial charge in [-0.15, -0.1) is 0 Å². The maximum absolute atomic E-state index is 10.8. The van der Waals surface area contributed by atoms with Crippen LogP contribution in [-0.2, 0) is 19.4 Å². The predicted molar refractivity (Wildman–Crippen MR) is 43.4 cm³/mol. The van der Waals surface area contributed by atoms with Crippen molar-refractivity contribution < 1.29 is 17.9 Å². The van der Waals surface area contributed by atoms with Gasteiger partial charge in [0.25, 0.3) is 0 Å². The van der Waals surface area contributed by atoms with Crippen LogP contribution in [0.3, 0.4) is 0 Å². The van der Waals surface area contributed by atoms with Gasteiger partial charge in [0.05, 0.1) is 18.1 Å². The van der Waals surface area contributed by atoms with Crippen LogP contribution in [0.25, 0.3) is 0 Å². The van der Waals surface area contributed by atoms with E-state index in [0.29, 0.717) is 12.2 Å². The van der Waals surface area contributed by atoms with Crippen LogP contribution < -0.4 is 0 Å². The minimum Gasteiger partial charge on any atom is -0.463 e. The van der Waals surface area contributed by atoms with Crippen molar-refractivity contribution in [2.45, 2.75) is 6.92 Å². The Labute approximate surface area is 71.1 Å². The zero-order valence-electron chi connectivity index (χ0n) is 6.74. The van der Waals surface area contributed by atoms with Crippen molar-refractivity contribution in [3.63, 3.8) is 0 Å². The molecule has 1 rings (SSSR count). The zero-order chi connectivity index (χ0) is 9.19. The molecule has 1 aliphatic rings. The molecule has 5 heteroatoms. The second kappa shape index (κ2) is 3.26. The van der Waals surface area contributed by atoms with Crippen LogP contribution in [0.2, 0.25) is 0 Å². The molecule has 1 heterocycles. The average molecular weight is 190 g/mol. The molecular formula is C7H10O4S. The van der Waals surface area contributed by atoms with E-state index in [1.165, 1.54) is 6.08 Å². The molecule has 0 amide bonds. The first-order chi connectivity index (χ1) is 5.53. The van der Waals surface area contributed by atoms with Gasteiger partial charge in [0.1, 0.15) is 0 Å². The van der Waals surface area contributed by atoms with Gasteiger partial charge in [-0.25, -0.2) is 13.2 Å². The molecule has 0 aromatic heterocycles. The van der Waals surface area contributed by atoms with Crippen LogP contribution in [0.15, 0.2) is 11.6 Å². The van der Waals surface area contributed by atoms with E-state index in [0.717, 1.165) is 0 Å². The molecule has 1 fully saturated rings. The molecule has 12 heavy (non-hydrogen) atoms. The second-order valence-corrected chi connectivity index (χ2v) is 4.65. The summed E-state index contributed by atoms with van der Waals surface area (Å²) in [7, 11) is -2.87. The Bertz CT molecular complexity index is 298. The fraction of sp³-hybridized carbons (Fsp3) is 0.571. The smallest absolute Gasteiger partial charge is 0.330 e. The number of hydrogen-bond donors (Lipinski definition) is 0. The Kier molecular flexibility index (Phi) is 2.52. The number of esters is 1. The van der Waals surface area contributed by atoms with E-state index >= 15 is 0 Å². The average Bonchev–Trinajstić information content (AvgIpc) is 1.83. The van der Waals surface area contributed by atoms with Crippen LogP contribution in [-0.4, -0.2) is 32.5 Å². The highest BCUT2D eigenvalue weighted by molar-refractivity contribution is 7.93. The standard InChI is InChI=1S/C7H10O4S/c1-2-11-7(8)3-6-4-12(9,10)5-6/h3H,2,4-5H2,1H3. The Hall–Kier alpha value is -0.840. The molecule has 0 atom stereocenters. The molecule has 68 valence electrons. The van der Waals surface area contributed by atoms with Crippen molar-refractivity contribution in [3.05, 3.63) is 11.6 Å². The summed E-state index contributed by atoms with van der Waals surface area (Å²) >= 11 is 0. The normalized spacial score (nSPS) is 19.6. The number of carbonyl (C=O) groups excluding carboxylic acids is 1. The van der Waals surface area contributed by atoms with Gasteiger partial charge in [-0.3, -0.25) is 0 Å². The van der Waals surface area contributed by atoms with Gasteiger partial charge in [0, 0.05) is 6.08 Å². The second-order valence-electron chi connectivity index (χ2n) is 2.59. The third kappa shape index (κ3) is 2.34. The summed E-state index contributed by atoms with van der Waals surface area (Å²) < 4.78 is 25.9. The molecule has 0 unspecified atom stereocenters. The molecule has 4 nitrogen and oxygen atoms in total. The summed E-state index contributed by atoms with van der Waals surface area (Å²) in [6.07, 6.45) is 1.25. The first-order valence-corrected chi connectivity index (χ1v) is 5.42. The van der Waals surface area contributed by atoms with E-state index in [1.807, 2.05) is 0 Å². The van der Waals surface area contributed by atoms with Crippen molar-refractivity contribution in [1.29, 1.82) is 0 Å². The third-order valence-corrected chi connectivity index (χ3v) is 3.04. The summed E-state index contributed by atoms with van der Waals surface area (Å²) in [5, 5.41) is 0. The fourth-order valence-corrected chi connectivity index (χ4v) is 2.17. The monoisotopic (exact) mass is 190 g/mol. The lowest BCUT2D eigenvalue weighted by Crippen LogP contribution is -2.28. The predicted octanol–water partition coefficient (Wildman–Crippen LogP) is -0.0957. The van der Waals surface area contributed by atoms with E-state index < -0.39 is 15.8 Å². The molecule has 0 bridgehead atoms. The largest absolute Gasteiger partial charge is 0.463 e. The minimum atomic E-state index is -2.87. The highest BCUT2D eigenvalue weighted by Gasteiger charge is 2.27. The van der Waals surface area contributed by atoms with Crippen LogP contribution in [0.4, 0.5) is 0 Å². The maximum atomic E-state index is 10.8. The van der Waals surface area contributed by atoms with Crippen molar-refractivity contribution in [1.82, 2.24) is 0 Å². The van der Waals surface area contributed by atoms with Gasteiger partial charge in [0.15, 0.2) is 9.84 Å². The molecule has 1 aliphatic heterocycles. The highest BCUT2D eigenvalue weighted by atomic mass is 32.2. The van der Waals surface area contributed by atoms with Gasteiger partial charge in [-0.05, 0) is 12.5 Å². The molecular weight excluding hydrogens is 180 g/mol. The van der Waals surface area contributed by atoms with Crippen molar-refractivity contribution >= 4 is 15.8 Å². The first kappa shape index (κ1) is 9.25. The van der Waals surface area contributed by atoms with E-state index in [9.17, 15) is 13.2 Å². The molecule has 0 radical (unpaired) electrons. The van der Waals surface area contributed by atoms with Gasteiger partial charge in [-0.1, -0.05) is 0 Å². The van der Waals surface area contributed by atoms with Crippen molar-refractivity contribution in [2.75, 3.05) is 18.1 Å². The van der Waals surface area contributed by atoms with E-state index in [1.54, 1.807) is 6.92 Å². The minimum absolute atomic E-state index is 0.00577. The van der Waals surface area contributed by atoms with Crippen LogP contribution in [0.5, 0.6) is 0 Å². The highest BCUT2D eigenvalue weighted by Crippen LogP contribution is 2.16.